The molecule has 0 fully saturated rings. The second-order valence-corrected chi connectivity index (χ2v) is 9.56. The minimum atomic E-state index is -0.528. The van der Waals surface area contributed by atoms with Crippen molar-refractivity contribution in [3.05, 3.63) is 22.4 Å². The SMILES string of the molecule is CCNC(=NCC(C)(C)NC(=O)OC(C)(C)C)NCC(c1cccs1)N(C)C. The van der Waals surface area contributed by atoms with Gasteiger partial charge in [0.15, 0.2) is 5.96 Å². The number of amides is 1. The Morgan fingerprint density at radius 3 is 2.43 bits per heavy atom. The molecule has 1 rings (SSSR count). The maximum Gasteiger partial charge on any atom is 0.408 e. The van der Waals surface area contributed by atoms with Crippen LogP contribution in [-0.4, -0.2) is 61.8 Å². The van der Waals surface area contributed by atoms with Crippen molar-refractivity contribution in [2.75, 3.05) is 33.7 Å². The Labute approximate surface area is 173 Å². The number of ether oxygens (including phenoxy) is 1. The van der Waals surface area contributed by atoms with Crippen LogP contribution in [0.4, 0.5) is 4.79 Å². The first-order valence-corrected chi connectivity index (χ1v) is 10.5. The van der Waals surface area contributed by atoms with E-state index in [0.717, 1.165) is 19.0 Å². The first kappa shape index (κ1) is 24.2. The molecule has 0 aliphatic heterocycles. The fraction of sp³-hybridized carbons (Fsp3) is 0.700. The topological polar surface area (TPSA) is 78.0 Å². The number of carbonyl (C=O) groups excluding carboxylic acids is 1. The summed E-state index contributed by atoms with van der Waals surface area (Å²) < 4.78 is 5.34. The lowest BCUT2D eigenvalue weighted by atomic mass is 10.1. The van der Waals surface area contributed by atoms with Crippen molar-refractivity contribution < 1.29 is 9.53 Å². The van der Waals surface area contributed by atoms with E-state index >= 15 is 0 Å². The first-order valence-electron chi connectivity index (χ1n) is 9.66. The molecule has 0 saturated carbocycles. The molecule has 28 heavy (non-hydrogen) atoms. The van der Waals surface area contributed by atoms with Crippen LogP contribution in [0.25, 0.3) is 0 Å². The third kappa shape index (κ3) is 9.41. The summed E-state index contributed by atoms with van der Waals surface area (Å²) in [6.45, 7) is 13.4. The molecule has 0 saturated heterocycles. The summed E-state index contributed by atoms with van der Waals surface area (Å²) >= 11 is 1.75. The Morgan fingerprint density at radius 2 is 1.93 bits per heavy atom. The number of rotatable bonds is 8. The number of aliphatic imine (C=N–C) groups is 1. The van der Waals surface area contributed by atoms with Crippen LogP contribution in [0.5, 0.6) is 0 Å². The molecule has 3 N–H and O–H groups in total. The lowest BCUT2D eigenvalue weighted by Crippen LogP contribution is -2.49. The Morgan fingerprint density at radius 1 is 1.25 bits per heavy atom. The second kappa shape index (κ2) is 10.7. The largest absolute Gasteiger partial charge is 0.444 e. The van der Waals surface area contributed by atoms with Crippen molar-refractivity contribution in [1.29, 1.82) is 0 Å². The van der Waals surface area contributed by atoms with E-state index < -0.39 is 17.2 Å². The molecule has 7 nitrogen and oxygen atoms in total. The minimum Gasteiger partial charge on any atom is -0.444 e. The summed E-state index contributed by atoms with van der Waals surface area (Å²) in [5.74, 6) is 0.727. The normalized spacial score (nSPS) is 14.0. The molecule has 160 valence electrons. The van der Waals surface area contributed by atoms with E-state index in [2.05, 4.69) is 57.5 Å². The van der Waals surface area contributed by atoms with Gasteiger partial charge in [0, 0.05) is 18.0 Å². The first-order chi connectivity index (χ1) is 12.9. The van der Waals surface area contributed by atoms with Gasteiger partial charge >= 0.3 is 6.09 Å². The fourth-order valence-corrected chi connectivity index (χ4v) is 3.37. The fourth-order valence-electron chi connectivity index (χ4n) is 2.45. The molecular formula is C20H37N5O2S. The molecule has 0 aromatic carbocycles. The van der Waals surface area contributed by atoms with E-state index in [1.54, 1.807) is 11.3 Å². The van der Waals surface area contributed by atoms with Gasteiger partial charge in [-0.15, -0.1) is 11.3 Å². The van der Waals surface area contributed by atoms with E-state index in [4.69, 9.17) is 4.74 Å². The maximum atomic E-state index is 12.0. The van der Waals surface area contributed by atoms with Crippen molar-refractivity contribution in [2.45, 2.75) is 58.7 Å². The number of hydrogen-bond donors (Lipinski definition) is 3. The predicted octanol–water partition coefficient (Wildman–Crippen LogP) is 3.21. The van der Waals surface area contributed by atoms with Gasteiger partial charge in [-0.2, -0.15) is 0 Å². The highest BCUT2D eigenvalue weighted by molar-refractivity contribution is 7.10. The zero-order valence-electron chi connectivity index (χ0n) is 18.5. The van der Waals surface area contributed by atoms with Gasteiger partial charge in [-0.3, -0.25) is 4.99 Å². The Bertz CT molecular complexity index is 621. The summed E-state index contributed by atoms with van der Waals surface area (Å²) in [6.07, 6.45) is -0.434. The van der Waals surface area contributed by atoms with Crippen molar-refractivity contribution >= 4 is 23.4 Å². The van der Waals surface area contributed by atoms with Gasteiger partial charge in [0.05, 0.1) is 18.1 Å². The Hall–Kier alpha value is -1.80. The Balaban J connectivity index is 2.70. The van der Waals surface area contributed by atoms with Crippen LogP contribution in [0.15, 0.2) is 22.5 Å². The van der Waals surface area contributed by atoms with Gasteiger partial charge < -0.3 is 25.6 Å². The van der Waals surface area contributed by atoms with Crippen LogP contribution < -0.4 is 16.0 Å². The number of alkyl carbamates (subject to hydrolysis) is 1. The molecule has 1 amide bonds. The molecule has 1 unspecified atom stereocenters. The zero-order chi connectivity index (χ0) is 21.4. The second-order valence-electron chi connectivity index (χ2n) is 8.58. The number of thiophene rings is 1. The molecule has 1 aromatic rings. The average molecular weight is 412 g/mol. The molecule has 0 radical (unpaired) electrons. The average Bonchev–Trinajstić information content (AvgIpc) is 3.04. The number of guanidine groups is 1. The van der Waals surface area contributed by atoms with E-state index in [1.807, 2.05) is 41.5 Å². The zero-order valence-corrected chi connectivity index (χ0v) is 19.4. The number of hydrogen-bond acceptors (Lipinski definition) is 5. The third-order valence-electron chi connectivity index (χ3n) is 3.77. The van der Waals surface area contributed by atoms with Gasteiger partial charge in [0.2, 0.25) is 0 Å². The lowest BCUT2D eigenvalue weighted by molar-refractivity contribution is 0.0476. The van der Waals surface area contributed by atoms with Crippen LogP contribution in [0.2, 0.25) is 0 Å². The van der Waals surface area contributed by atoms with Gasteiger partial charge in [-0.05, 0) is 67.1 Å². The molecule has 0 spiro atoms. The number of carbonyl (C=O) groups is 1. The molecule has 8 heteroatoms. The standard InChI is InChI=1S/C20H37N5O2S/c1-9-21-17(22-13-15(25(7)8)16-11-10-12-28-16)23-14-20(5,6)24-18(26)27-19(2,3)4/h10-12,15H,9,13-14H2,1-8H3,(H,24,26)(H2,21,22,23). The summed E-state index contributed by atoms with van der Waals surface area (Å²) in [4.78, 5) is 20.2. The van der Waals surface area contributed by atoms with Crippen LogP contribution in [-0.2, 0) is 4.74 Å². The quantitative estimate of drug-likeness (QED) is 0.452. The van der Waals surface area contributed by atoms with Crippen molar-refractivity contribution in [3.63, 3.8) is 0 Å². The third-order valence-corrected chi connectivity index (χ3v) is 4.75. The van der Waals surface area contributed by atoms with Crippen molar-refractivity contribution in [1.82, 2.24) is 20.9 Å². The van der Waals surface area contributed by atoms with Crippen molar-refractivity contribution in [2.24, 2.45) is 4.99 Å². The number of likely N-dealkylation sites (N-methyl/N-ethyl adjacent to an activating group) is 1. The molecule has 0 aliphatic carbocycles. The molecule has 1 heterocycles. The van der Waals surface area contributed by atoms with E-state index in [-0.39, 0.29) is 6.04 Å². The number of nitrogens with one attached hydrogen (secondary N) is 3. The minimum absolute atomic E-state index is 0.261. The molecule has 0 bridgehead atoms. The molecule has 1 atom stereocenters. The monoisotopic (exact) mass is 411 g/mol. The Kier molecular flexibility index (Phi) is 9.23. The van der Waals surface area contributed by atoms with Crippen molar-refractivity contribution in [3.8, 4) is 0 Å². The summed E-state index contributed by atoms with van der Waals surface area (Å²) in [7, 11) is 4.15. The highest BCUT2D eigenvalue weighted by atomic mass is 32.1. The molecule has 1 aromatic heterocycles. The van der Waals surface area contributed by atoms with Crippen LogP contribution in [0.1, 0.15) is 52.5 Å². The maximum absolute atomic E-state index is 12.0. The van der Waals surface area contributed by atoms with Crippen LogP contribution in [0, 0.1) is 0 Å². The summed E-state index contributed by atoms with van der Waals surface area (Å²) in [5.41, 5.74) is -1.05. The number of nitrogens with zero attached hydrogens (tertiary/aromatic N) is 2. The highest BCUT2D eigenvalue weighted by Gasteiger charge is 2.24. The van der Waals surface area contributed by atoms with E-state index in [9.17, 15) is 4.79 Å². The van der Waals surface area contributed by atoms with E-state index in [0.29, 0.717) is 6.54 Å². The van der Waals surface area contributed by atoms with Gasteiger partial charge in [0.1, 0.15) is 5.60 Å². The highest BCUT2D eigenvalue weighted by Crippen LogP contribution is 2.22. The van der Waals surface area contributed by atoms with Gasteiger partial charge in [-0.25, -0.2) is 4.79 Å². The summed E-state index contributed by atoms with van der Waals surface area (Å²) in [6, 6.07) is 4.48. The van der Waals surface area contributed by atoms with Crippen LogP contribution in [0.3, 0.4) is 0 Å². The van der Waals surface area contributed by atoms with Crippen LogP contribution >= 0.6 is 11.3 Å². The molecular weight excluding hydrogens is 374 g/mol. The van der Waals surface area contributed by atoms with Gasteiger partial charge in [0.25, 0.3) is 0 Å². The smallest absolute Gasteiger partial charge is 0.408 e. The lowest BCUT2D eigenvalue weighted by Gasteiger charge is -2.28. The summed E-state index contributed by atoms with van der Waals surface area (Å²) in [5, 5.41) is 11.7. The molecule has 0 aliphatic rings. The predicted molar refractivity (Wildman–Crippen MR) is 118 cm³/mol. The van der Waals surface area contributed by atoms with E-state index in [1.165, 1.54) is 4.88 Å². The van der Waals surface area contributed by atoms with Gasteiger partial charge in [-0.1, -0.05) is 6.07 Å².